The highest BCUT2D eigenvalue weighted by molar-refractivity contribution is 6.05. The zero-order valence-electron chi connectivity index (χ0n) is 27.6. The van der Waals surface area contributed by atoms with Gasteiger partial charge < -0.3 is 29.6 Å². The van der Waals surface area contributed by atoms with E-state index in [0.29, 0.717) is 66.2 Å². The van der Waals surface area contributed by atoms with Gasteiger partial charge in [0, 0.05) is 16.8 Å². The first-order valence-corrected chi connectivity index (χ1v) is 16.5. The first-order chi connectivity index (χ1) is 22.4. The lowest BCUT2D eigenvalue weighted by Crippen LogP contribution is -2.17. The minimum absolute atomic E-state index is 0.0717. The van der Waals surface area contributed by atoms with Crippen LogP contribution in [0.3, 0.4) is 0 Å². The number of amides is 2. The van der Waals surface area contributed by atoms with E-state index in [9.17, 15) is 14.4 Å². The summed E-state index contributed by atoms with van der Waals surface area (Å²) in [7, 11) is 0. The van der Waals surface area contributed by atoms with Gasteiger partial charge in [0.25, 0.3) is 11.8 Å². The van der Waals surface area contributed by atoms with Crippen LogP contribution in [-0.2, 0) is 0 Å². The first kappa shape index (κ1) is 35.9. The predicted octanol–water partition coefficient (Wildman–Crippen LogP) is 8.27. The fourth-order valence-electron chi connectivity index (χ4n) is 4.22. The van der Waals surface area contributed by atoms with Gasteiger partial charge in [0.05, 0.1) is 32.1 Å². The van der Waals surface area contributed by atoms with Gasteiger partial charge in [-0.1, -0.05) is 53.4 Å². The van der Waals surface area contributed by atoms with Gasteiger partial charge in [0.2, 0.25) is 5.43 Å². The first-order valence-electron chi connectivity index (χ1n) is 16.5. The molecule has 3 aromatic carbocycles. The summed E-state index contributed by atoms with van der Waals surface area (Å²) in [6, 6.07) is 15.9. The zero-order chi connectivity index (χ0) is 33.1. The molecule has 0 spiro atoms. The standard InChI is InChI=1S/C37H48N2O7/c1-5-9-21-43-32-19-13-27(25-34(32)45-23-11-7-3)36(41)38-29-15-17-30(31(40)18-16-29)39-37(42)28-14-20-33(44-22-10-6-2)35(26-28)46-24-12-8-4/h13-20,25-26H,5-12,21-24H2,1-4H3,(H,38,41)(H,39,40,42). The van der Waals surface area contributed by atoms with Crippen molar-refractivity contribution < 1.29 is 28.5 Å². The van der Waals surface area contributed by atoms with E-state index in [1.165, 1.54) is 18.2 Å². The molecule has 0 bridgehead atoms. The van der Waals surface area contributed by atoms with Crippen LogP contribution in [0.4, 0.5) is 11.4 Å². The summed E-state index contributed by atoms with van der Waals surface area (Å²) in [6.07, 6.45) is 7.54. The molecule has 9 nitrogen and oxygen atoms in total. The molecular formula is C37H48N2O7. The van der Waals surface area contributed by atoms with Crippen LogP contribution in [0.15, 0.2) is 65.5 Å². The molecule has 9 heteroatoms. The number of hydrogen-bond donors (Lipinski definition) is 2. The summed E-state index contributed by atoms with van der Waals surface area (Å²) in [5, 5.41) is 5.52. The Morgan fingerprint density at radius 3 is 1.39 bits per heavy atom. The SMILES string of the molecule is CCCCOc1ccc(C(=O)Nc2ccc(NC(=O)c3ccc(OCCCC)c(OCCCC)c3)c(=O)cc2)cc1OCCCC. The third-order valence-corrected chi connectivity index (χ3v) is 7.05. The van der Waals surface area contributed by atoms with Crippen molar-refractivity contribution in [2.45, 2.75) is 79.1 Å². The number of carbonyl (C=O) groups is 2. The Morgan fingerprint density at radius 1 is 0.522 bits per heavy atom. The Morgan fingerprint density at radius 2 is 0.935 bits per heavy atom. The van der Waals surface area contributed by atoms with Crippen molar-refractivity contribution in [1.29, 1.82) is 0 Å². The van der Waals surface area contributed by atoms with Gasteiger partial charge in [-0.25, -0.2) is 0 Å². The molecule has 0 fully saturated rings. The second-order valence-corrected chi connectivity index (χ2v) is 10.9. The number of nitrogens with one attached hydrogen (secondary N) is 2. The minimum atomic E-state index is -0.466. The van der Waals surface area contributed by atoms with Crippen LogP contribution < -0.4 is 35.0 Å². The minimum Gasteiger partial charge on any atom is -0.490 e. The van der Waals surface area contributed by atoms with E-state index in [-0.39, 0.29) is 11.6 Å². The molecule has 2 N–H and O–H groups in total. The van der Waals surface area contributed by atoms with E-state index in [0.717, 1.165) is 51.4 Å². The summed E-state index contributed by atoms with van der Waals surface area (Å²) in [5.41, 5.74) is 0.763. The van der Waals surface area contributed by atoms with E-state index in [2.05, 4.69) is 38.3 Å². The van der Waals surface area contributed by atoms with Gasteiger partial charge in [-0.3, -0.25) is 14.4 Å². The highest BCUT2D eigenvalue weighted by atomic mass is 16.5. The molecule has 2 amide bonds. The number of ether oxygens (including phenoxy) is 4. The van der Waals surface area contributed by atoms with Crippen LogP contribution >= 0.6 is 0 Å². The van der Waals surface area contributed by atoms with Crippen molar-refractivity contribution in [2.75, 3.05) is 37.1 Å². The maximum atomic E-state index is 13.2. The number of hydrogen-bond acceptors (Lipinski definition) is 7. The maximum Gasteiger partial charge on any atom is 0.255 e. The molecule has 0 saturated heterocycles. The Bertz CT molecular complexity index is 1470. The lowest BCUT2D eigenvalue weighted by molar-refractivity contribution is 0.101. The van der Waals surface area contributed by atoms with E-state index in [1.807, 2.05) is 0 Å². The van der Waals surface area contributed by atoms with Gasteiger partial charge in [-0.15, -0.1) is 0 Å². The summed E-state index contributed by atoms with van der Waals surface area (Å²) in [6.45, 7) is 10.5. The molecule has 3 aromatic rings. The highest BCUT2D eigenvalue weighted by Gasteiger charge is 2.15. The predicted molar refractivity (Wildman–Crippen MR) is 183 cm³/mol. The summed E-state index contributed by atoms with van der Waals surface area (Å²) >= 11 is 0. The van der Waals surface area contributed by atoms with Crippen LogP contribution in [0.1, 0.15) is 99.8 Å². The van der Waals surface area contributed by atoms with Crippen LogP contribution in [0.2, 0.25) is 0 Å². The van der Waals surface area contributed by atoms with Crippen molar-refractivity contribution in [3.63, 3.8) is 0 Å². The average Bonchev–Trinajstić information content (AvgIpc) is 3.23. The van der Waals surface area contributed by atoms with Crippen molar-refractivity contribution in [3.05, 3.63) is 82.0 Å². The van der Waals surface area contributed by atoms with Crippen LogP contribution in [0.5, 0.6) is 23.0 Å². The fraction of sp³-hybridized carbons (Fsp3) is 0.432. The highest BCUT2D eigenvalue weighted by Crippen LogP contribution is 2.31. The van der Waals surface area contributed by atoms with Crippen molar-refractivity contribution in [1.82, 2.24) is 0 Å². The molecule has 0 atom stereocenters. The molecule has 0 radical (unpaired) electrons. The van der Waals surface area contributed by atoms with Gasteiger partial charge >= 0.3 is 0 Å². The molecule has 3 rings (SSSR count). The Kier molecular flexibility index (Phi) is 15.4. The molecule has 0 heterocycles. The second kappa shape index (κ2) is 19.8. The lowest BCUT2D eigenvalue weighted by Gasteiger charge is -2.14. The summed E-state index contributed by atoms with van der Waals surface area (Å²) in [5.74, 6) is 1.34. The number of rotatable bonds is 20. The van der Waals surface area contributed by atoms with Crippen molar-refractivity contribution in [2.24, 2.45) is 0 Å². The monoisotopic (exact) mass is 632 g/mol. The number of anilines is 2. The normalized spacial score (nSPS) is 10.6. The number of benzene rings is 2. The summed E-state index contributed by atoms with van der Waals surface area (Å²) in [4.78, 5) is 39.2. The maximum absolute atomic E-state index is 13.2. The lowest BCUT2D eigenvalue weighted by atomic mass is 10.1. The van der Waals surface area contributed by atoms with Gasteiger partial charge in [-0.2, -0.15) is 0 Å². The molecule has 0 unspecified atom stereocenters. The average molecular weight is 633 g/mol. The third-order valence-electron chi connectivity index (χ3n) is 7.05. The van der Waals surface area contributed by atoms with Gasteiger partial charge in [-0.05, 0) is 86.3 Å². The second-order valence-electron chi connectivity index (χ2n) is 10.9. The number of carbonyl (C=O) groups excluding carboxylic acids is 2. The number of unbranched alkanes of at least 4 members (excludes halogenated alkanes) is 4. The summed E-state index contributed by atoms with van der Waals surface area (Å²) < 4.78 is 23.6. The zero-order valence-corrected chi connectivity index (χ0v) is 27.6. The largest absolute Gasteiger partial charge is 0.490 e. The van der Waals surface area contributed by atoms with Crippen LogP contribution in [0.25, 0.3) is 0 Å². The molecule has 0 saturated carbocycles. The molecule has 46 heavy (non-hydrogen) atoms. The van der Waals surface area contributed by atoms with E-state index in [1.54, 1.807) is 42.5 Å². The molecule has 0 aliphatic heterocycles. The van der Waals surface area contributed by atoms with Gasteiger partial charge in [0.1, 0.15) is 0 Å². The van der Waals surface area contributed by atoms with E-state index < -0.39 is 11.3 Å². The topological polar surface area (TPSA) is 112 Å². The molecule has 0 aliphatic rings. The van der Waals surface area contributed by atoms with Crippen molar-refractivity contribution >= 4 is 23.2 Å². The quantitative estimate of drug-likeness (QED) is 0.121. The molecule has 0 aliphatic carbocycles. The van der Waals surface area contributed by atoms with Crippen molar-refractivity contribution in [3.8, 4) is 23.0 Å². The Hall–Kier alpha value is -4.53. The van der Waals surface area contributed by atoms with E-state index >= 15 is 0 Å². The third kappa shape index (κ3) is 11.4. The fourth-order valence-corrected chi connectivity index (χ4v) is 4.22. The Labute approximate surface area is 272 Å². The van der Waals surface area contributed by atoms with Gasteiger partial charge in [0.15, 0.2) is 23.0 Å². The van der Waals surface area contributed by atoms with Crippen LogP contribution in [0, 0.1) is 0 Å². The Balaban J connectivity index is 1.74. The smallest absolute Gasteiger partial charge is 0.255 e. The van der Waals surface area contributed by atoms with E-state index in [4.69, 9.17) is 18.9 Å². The van der Waals surface area contributed by atoms with Crippen LogP contribution in [-0.4, -0.2) is 38.2 Å². The molecule has 248 valence electrons. The molecular weight excluding hydrogens is 584 g/mol. The molecule has 0 aromatic heterocycles.